The lowest BCUT2D eigenvalue weighted by atomic mass is 9.92. The fourth-order valence-corrected chi connectivity index (χ4v) is 1.55. The lowest BCUT2D eigenvalue weighted by molar-refractivity contribution is 0.0697. The van der Waals surface area contributed by atoms with E-state index in [-0.39, 0.29) is 16.0 Å². The maximum Gasteiger partial charge on any atom is 0.337 e. The van der Waals surface area contributed by atoms with Crippen molar-refractivity contribution in [1.82, 2.24) is 4.98 Å². The summed E-state index contributed by atoms with van der Waals surface area (Å²) in [5.41, 5.74) is 0.282. The molecule has 0 spiro atoms. The van der Waals surface area contributed by atoms with Gasteiger partial charge in [-0.2, -0.15) is 0 Å². The zero-order chi connectivity index (χ0) is 13.1. The standard InChI is InChI=1S/C12H17ClN2O2/c1-12(2,3)5-7-15-10-9(13)8(11(16)17)4-6-14-10/h4,6H,5,7H2,1-3H3,(H,14,15)(H,16,17). The van der Waals surface area contributed by atoms with Crippen LogP contribution in [-0.4, -0.2) is 22.6 Å². The molecule has 0 amide bonds. The number of carboxylic acid groups (broad SMARTS) is 1. The molecule has 5 heteroatoms. The van der Waals surface area contributed by atoms with Gasteiger partial charge in [0, 0.05) is 12.7 Å². The second kappa shape index (κ2) is 5.36. The van der Waals surface area contributed by atoms with Gasteiger partial charge in [0.1, 0.15) is 5.82 Å². The van der Waals surface area contributed by atoms with Crippen LogP contribution in [0.2, 0.25) is 5.02 Å². The molecular weight excluding hydrogens is 240 g/mol. The van der Waals surface area contributed by atoms with Crippen LogP contribution < -0.4 is 5.32 Å². The minimum absolute atomic E-state index is 0.0694. The van der Waals surface area contributed by atoms with Crippen molar-refractivity contribution in [3.63, 3.8) is 0 Å². The van der Waals surface area contributed by atoms with Crippen LogP contribution in [0.25, 0.3) is 0 Å². The molecule has 0 bridgehead atoms. The van der Waals surface area contributed by atoms with Gasteiger partial charge in [-0.3, -0.25) is 0 Å². The van der Waals surface area contributed by atoms with E-state index in [4.69, 9.17) is 16.7 Å². The van der Waals surface area contributed by atoms with E-state index in [1.807, 2.05) is 0 Å². The molecule has 0 aliphatic carbocycles. The third-order valence-corrected chi connectivity index (χ3v) is 2.67. The Labute approximate surface area is 106 Å². The molecule has 0 radical (unpaired) electrons. The Morgan fingerprint density at radius 3 is 2.71 bits per heavy atom. The number of anilines is 1. The van der Waals surface area contributed by atoms with Crippen molar-refractivity contribution in [3.05, 3.63) is 22.8 Å². The predicted molar refractivity (Wildman–Crippen MR) is 68.8 cm³/mol. The molecule has 0 aliphatic rings. The van der Waals surface area contributed by atoms with E-state index in [2.05, 4.69) is 31.1 Å². The minimum Gasteiger partial charge on any atom is -0.478 e. The molecule has 17 heavy (non-hydrogen) atoms. The number of aromatic nitrogens is 1. The second-order valence-corrected chi connectivity index (χ2v) is 5.44. The van der Waals surface area contributed by atoms with E-state index < -0.39 is 5.97 Å². The van der Waals surface area contributed by atoms with E-state index in [1.165, 1.54) is 12.3 Å². The molecule has 1 heterocycles. The minimum atomic E-state index is -1.05. The van der Waals surface area contributed by atoms with Gasteiger partial charge in [-0.1, -0.05) is 32.4 Å². The zero-order valence-corrected chi connectivity index (χ0v) is 11.0. The number of hydrogen-bond donors (Lipinski definition) is 2. The Hall–Kier alpha value is -1.29. The van der Waals surface area contributed by atoms with Gasteiger partial charge in [0.25, 0.3) is 0 Å². The number of pyridine rings is 1. The first kappa shape index (κ1) is 13.8. The van der Waals surface area contributed by atoms with E-state index >= 15 is 0 Å². The molecule has 4 nitrogen and oxygen atoms in total. The molecular formula is C12H17ClN2O2. The molecule has 94 valence electrons. The van der Waals surface area contributed by atoms with Crippen LogP contribution in [0.15, 0.2) is 12.3 Å². The van der Waals surface area contributed by atoms with Gasteiger partial charge >= 0.3 is 5.97 Å². The van der Waals surface area contributed by atoms with Crippen molar-refractivity contribution in [2.75, 3.05) is 11.9 Å². The highest BCUT2D eigenvalue weighted by atomic mass is 35.5. The van der Waals surface area contributed by atoms with Crippen LogP contribution in [0, 0.1) is 5.41 Å². The van der Waals surface area contributed by atoms with Crippen molar-refractivity contribution in [2.24, 2.45) is 5.41 Å². The first-order valence-electron chi connectivity index (χ1n) is 5.43. The summed E-state index contributed by atoms with van der Waals surface area (Å²) in [4.78, 5) is 14.9. The summed E-state index contributed by atoms with van der Waals surface area (Å²) < 4.78 is 0. The van der Waals surface area contributed by atoms with Crippen LogP contribution >= 0.6 is 11.6 Å². The highest BCUT2D eigenvalue weighted by Gasteiger charge is 2.14. The Morgan fingerprint density at radius 2 is 2.18 bits per heavy atom. The maximum atomic E-state index is 10.9. The van der Waals surface area contributed by atoms with Crippen molar-refractivity contribution >= 4 is 23.4 Å². The molecule has 2 N–H and O–H groups in total. The normalized spacial score (nSPS) is 11.3. The summed E-state index contributed by atoms with van der Waals surface area (Å²) in [6, 6.07) is 1.39. The van der Waals surface area contributed by atoms with Gasteiger partial charge < -0.3 is 10.4 Å². The Balaban J connectivity index is 2.72. The first-order chi connectivity index (χ1) is 7.81. The molecule has 0 fully saturated rings. The molecule has 1 aromatic heterocycles. The first-order valence-corrected chi connectivity index (χ1v) is 5.81. The Bertz CT molecular complexity index is 413. The fourth-order valence-electron chi connectivity index (χ4n) is 1.29. The fraction of sp³-hybridized carbons (Fsp3) is 0.500. The van der Waals surface area contributed by atoms with Gasteiger partial charge in [0.05, 0.1) is 10.6 Å². The number of halogens is 1. The summed E-state index contributed by atoms with van der Waals surface area (Å²) in [6.45, 7) is 7.12. The third kappa shape index (κ3) is 4.23. The second-order valence-electron chi connectivity index (χ2n) is 5.06. The van der Waals surface area contributed by atoms with Crippen molar-refractivity contribution in [3.8, 4) is 0 Å². The average molecular weight is 257 g/mol. The molecule has 1 rings (SSSR count). The quantitative estimate of drug-likeness (QED) is 0.868. The van der Waals surface area contributed by atoms with Gasteiger partial charge in [0.2, 0.25) is 0 Å². The largest absolute Gasteiger partial charge is 0.478 e. The van der Waals surface area contributed by atoms with Gasteiger partial charge in [-0.15, -0.1) is 0 Å². The number of hydrogen-bond acceptors (Lipinski definition) is 3. The van der Waals surface area contributed by atoms with Gasteiger partial charge in [-0.05, 0) is 17.9 Å². The number of aromatic carboxylic acids is 1. The van der Waals surface area contributed by atoms with Gasteiger partial charge in [-0.25, -0.2) is 9.78 Å². The van der Waals surface area contributed by atoms with Crippen LogP contribution in [0.4, 0.5) is 5.82 Å². The van der Waals surface area contributed by atoms with Crippen molar-refractivity contribution in [2.45, 2.75) is 27.2 Å². The van der Waals surface area contributed by atoms with Crippen molar-refractivity contribution < 1.29 is 9.90 Å². The number of carbonyl (C=O) groups is 1. The lowest BCUT2D eigenvalue weighted by Crippen LogP contribution is -2.14. The summed E-state index contributed by atoms with van der Waals surface area (Å²) in [5.74, 6) is -0.618. The molecule has 1 aromatic rings. The topological polar surface area (TPSA) is 62.2 Å². The molecule has 0 aliphatic heterocycles. The third-order valence-electron chi connectivity index (χ3n) is 2.29. The summed E-state index contributed by atoms with van der Waals surface area (Å²) in [5, 5.41) is 12.1. The van der Waals surface area contributed by atoms with Crippen LogP contribution in [0.3, 0.4) is 0 Å². The predicted octanol–water partition coefficient (Wildman–Crippen LogP) is 3.28. The van der Waals surface area contributed by atoms with E-state index in [0.717, 1.165) is 6.42 Å². The molecule has 0 saturated heterocycles. The number of nitrogens with one attached hydrogen (secondary N) is 1. The Morgan fingerprint density at radius 1 is 1.53 bits per heavy atom. The lowest BCUT2D eigenvalue weighted by Gasteiger charge is -2.18. The monoisotopic (exact) mass is 256 g/mol. The number of rotatable bonds is 4. The highest BCUT2D eigenvalue weighted by molar-refractivity contribution is 6.35. The van der Waals surface area contributed by atoms with Crippen molar-refractivity contribution in [1.29, 1.82) is 0 Å². The highest BCUT2D eigenvalue weighted by Crippen LogP contribution is 2.24. The SMILES string of the molecule is CC(C)(C)CCNc1nccc(C(=O)O)c1Cl. The number of nitrogens with zero attached hydrogens (tertiary/aromatic N) is 1. The molecule has 0 unspecified atom stereocenters. The van der Waals surface area contributed by atoms with Gasteiger partial charge in [0.15, 0.2) is 0 Å². The molecule has 0 atom stereocenters. The van der Waals surface area contributed by atoms with E-state index in [9.17, 15) is 4.79 Å². The smallest absolute Gasteiger partial charge is 0.337 e. The zero-order valence-electron chi connectivity index (χ0n) is 10.2. The maximum absolute atomic E-state index is 10.9. The average Bonchev–Trinajstić information content (AvgIpc) is 2.18. The molecule has 0 aromatic carbocycles. The van der Waals surface area contributed by atoms with E-state index in [1.54, 1.807) is 0 Å². The van der Waals surface area contributed by atoms with E-state index in [0.29, 0.717) is 12.4 Å². The van der Waals surface area contributed by atoms with Crippen LogP contribution in [0.5, 0.6) is 0 Å². The molecule has 0 saturated carbocycles. The van der Waals surface area contributed by atoms with Crippen LogP contribution in [0.1, 0.15) is 37.6 Å². The van der Waals surface area contributed by atoms with Crippen LogP contribution in [-0.2, 0) is 0 Å². The Kier molecular flexibility index (Phi) is 4.34. The number of carboxylic acids is 1. The summed E-state index contributed by atoms with van der Waals surface area (Å²) in [7, 11) is 0. The summed E-state index contributed by atoms with van der Waals surface area (Å²) >= 11 is 5.95. The summed E-state index contributed by atoms with van der Waals surface area (Å²) in [6.07, 6.45) is 2.39.